The van der Waals surface area contributed by atoms with Gasteiger partial charge in [0.05, 0.1) is 28.6 Å². The van der Waals surface area contributed by atoms with Crippen LogP contribution >= 0.6 is 0 Å². The Morgan fingerprint density at radius 3 is 2.56 bits per heavy atom. The Hall–Kier alpha value is -5.44. The van der Waals surface area contributed by atoms with Gasteiger partial charge in [0.1, 0.15) is 29.2 Å². The summed E-state index contributed by atoms with van der Waals surface area (Å²) in [5.74, 6) is 0.853. The van der Waals surface area contributed by atoms with Crippen LogP contribution in [0.4, 0.5) is 4.39 Å². The first-order valence-electron chi connectivity index (χ1n) is 12.3. The fourth-order valence-electron chi connectivity index (χ4n) is 4.50. The Balaban J connectivity index is 1.24. The van der Waals surface area contributed by atoms with Gasteiger partial charge in [-0.3, -0.25) is 15.1 Å². The lowest BCUT2D eigenvalue weighted by atomic mass is 10.1. The lowest BCUT2D eigenvalue weighted by molar-refractivity contribution is 0.305. The fraction of sp³-hybridized carbons (Fsp3) is 0.0333. The monoisotopic (exact) mass is 513 g/mol. The number of aromatic amines is 2. The number of halogens is 1. The predicted octanol–water partition coefficient (Wildman–Crippen LogP) is 6.34. The van der Waals surface area contributed by atoms with Crippen molar-refractivity contribution in [3.8, 4) is 39.8 Å². The number of imidazole rings is 1. The molecule has 0 bridgehead atoms. The lowest BCUT2D eigenvalue weighted by Crippen LogP contribution is -1.96. The van der Waals surface area contributed by atoms with Crippen LogP contribution in [0.5, 0.6) is 5.75 Å². The highest BCUT2D eigenvalue weighted by atomic mass is 19.1. The van der Waals surface area contributed by atoms with Crippen LogP contribution in [0.1, 0.15) is 5.56 Å². The molecule has 5 aromatic heterocycles. The molecule has 39 heavy (non-hydrogen) atoms. The van der Waals surface area contributed by atoms with Crippen LogP contribution in [0.15, 0.2) is 97.5 Å². The normalized spacial score (nSPS) is 11.3. The van der Waals surface area contributed by atoms with Crippen LogP contribution < -0.4 is 4.74 Å². The molecule has 0 atom stereocenters. The van der Waals surface area contributed by atoms with E-state index in [1.165, 1.54) is 12.1 Å². The van der Waals surface area contributed by atoms with Gasteiger partial charge >= 0.3 is 0 Å². The molecule has 0 spiro atoms. The number of nitrogens with zero attached hydrogens (tertiary/aromatic N) is 5. The quantitative estimate of drug-likeness (QED) is 0.269. The third kappa shape index (κ3) is 4.36. The van der Waals surface area contributed by atoms with Gasteiger partial charge < -0.3 is 9.72 Å². The first-order valence-corrected chi connectivity index (χ1v) is 12.3. The average Bonchev–Trinajstić information content (AvgIpc) is 3.60. The number of hydrogen-bond donors (Lipinski definition) is 2. The lowest BCUT2D eigenvalue weighted by Gasteiger charge is -2.08. The maximum Gasteiger partial charge on any atom is 0.161 e. The van der Waals surface area contributed by atoms with Gasteiger partial charge in [0, 0.05) is 23.5 Å². The minimum atomic E-state index is -0.332. The van der Waals surface area contributed by atoms with E-state index in [0.29, 0.717) is 46.2 Å². The molecule has 0 radical (unpaired) electrons. The molecule has 7 aromatic rings. The van der Waals surface area contributed by atoms with Crippen molar-refractivity contribution in [2.24, 2.45) is 0 Å². The molecule has 2 N–H and O–H groups in total. The Labute approximate surface area is 221 Å². The van der Waals surface area contributed by atoms with Crippen molar-refractivity contribution in [2.75, 3.05) is 0 Å². The van der Waals surface area contributed by atoms with Gasteiger partial charge in [-0.2, -0.15) is 5.10 Å². The Morgan fingerprint density at radius 2 is 1.67 bits per heavy atom. The van der Waals surface area contributed by atoms with Gasteiger partial charge in [-0.1, -0.05) is 42.5 Å². The van der Waals surface area contributed by atoms with E-state index < -0.39 is 0 Å². The van der Waals surface area contributed by atoms with Crippen LogP contribution in [-0.4, -0.2) is 35.1 Å². The SMILES string of the molecule is Fc1cccc(-c2nccc3[nH]c(-c4n[nH]c5ccc(-c6cncc(OCc7ccccc7)c6)nc45)nc23)c1. The topological polar surface area (TPSA) is 105 Å². The molecule has 0 fully saturated rings. The van der Waals surface area contributed by atoms with Crippen LogP contribution in [0, 0.1) is 5.82 Å². The summed E-state index contributed by atoms with van der Waals surface area (Å²) in [6, 6.07) is 23.9. The van der Waals surface area contributed by atoms with Crippen molar-refractivity contribution in [1.82, 2.24) is 35.1 Å². The summed E-state index contributed by atoms with van der Waals surface area (Å²) in [6.45, 7) is 0.447. The summed E-state index contributed by atoms with van der Waals surface area (Å²) in [5, 5.41) is 7.53. The second-order valence-corrected chi connectivity index (χ2v) is 9.00. The molecule has 0 aliphatic heterocycles. The molecule has 0 aliphatic carbocycles. The van der Waals surface area contributed by atoms with E-state index in [1.807, 2.05) is 60.7 Å². The Bertz CT molecular complexity index is 1950. The summed E-state index contributed by atoms with van der Waals surface area (Å²) in [4.78, 5) is 21.8. The van der Waals surface area contributed by atoms with Crippen LogP contribution in [0.25, 0.3) is 56.1 Å². The highest BCUT2D eigenvalue weighted by Crippen LogP contribution is 2.31. The number of H-pyrrole nitrogens is 2. The molecule has 188 valence electrons. The van der Waals surface area contributed by atoms with Gasteiger partial charge in [-0.15, -0.1) is 0 Å². The number of pyridine rings is 3. The van der Waals surface area contributed by atoms with Crippen molar-refractivity contribution < 1.29 is 9.13 Å². The van der Waals surface area contributed by atoms with E-state index in [1.54, 1.807) is 24.7 Å². The first-order chi connectivity index (χ1) is 19.2. The number of rotatable bonds is 6. The second-order valence-electron chi connectivity index (χ2n) is 9.00. The standard InChI is InChI=1S/C30H20FN7O/c31-21-8-4-7-19(13-21)26-27-24(11-12-33-26)35-30(36-27)29-28-25(37-38-29)10-9-23(34-28)20-14-22(16-32-15-20)39-17-18-5-2-1-3-6-18/h1-16H,17H2,(H,35,36)(H,37,38). The number of hydrogen-bond acceptors (Lipinski definition) is 6. The summed E-state index contributed by atoms with van der Waals surface area (Å²) >= 11 is 0. The van der Waals surface area contributed by atoms with Crippen molar-refractivity contribution >= 4 is 22.1 Å². The highest BCUT2D eigenvalue weighted by molar-refractivity contribution is 5.95. The zero-order chi connectivity index (χ0) is 26.2. The molecule has 8 nitrogen and oxygen atoms in total. The molecule has 0 saturated carbocycles. The van der Waals surface area contributed by atoms with E-state index in [-0.39, 0.29) is 5.82 Å². The Kier molecular flexibility index (Phi) is 5.51. The molecule has 9 heteroatoms. The molecular formula is C30H20FN7O. The smallest absolute Gasteiger partial charge is 0.161 e. The largest absolute Gasteiger partial charge is 0.487 e. The van der Waals surface area contributed by atoms with E-state index >= 15 is 0 Å². The van der Waals surface area contributed by atoms with Gasteiger partial charge in [0.25, 0.3) is 0 Å². The molecule has 0 unspecified atom stereocenters. The van der Waals surface area contributed by atoms with Crippen LogP contribution in [0.2, 0.25) is 0 Å². The minimum absolute atomic E-state index is 0.332. The Morgan fingerprint density at radius 1 is 0.769 bits per heavy atom. The minimum Gasteiger partial charge on any atom is -0.487 e. The van der Waals surface area contributed by atoms with E-state index in [9.17, 15) is 4.39 Å². The second kappa shape index (κ2) is 9.46. The number of benzene rings is 2. The summed E-state index contributed by atoms with van der Waals surface area (Å²) in [6.07, 6.45) is 5.11. The van der Waals surface area contributed by atoms with Crippen LogP contribution in [-0.2, 0) is 6.61 Å². The van der Waals surface area contributed by atoms with E-state index in [2.05, 4.69) is 25.1 Å². The summed E-state index contributed by atoms with van der Waals surface area (Å²) < 4.78 is 19.8. The predicted molar refractivity (Wildman–Crippen MR) is 146 cm³/mol. The first kappa shape index (κ1) is 22.7. The number of ether oxygens (including phenoxy) is 1. The molecule has 2 aromatic carbocycles. The maximum atomic E-state index is 13.9. The van der Waals surface area contributed by atoms with Crippen molar-refractivity contribution in [3.63, 3.8) is 0 Å². The molecule has 7 rings (SSSR count). The van der Waals surface area contributed by atoms with Gasteiger partial charge in [-0.05, 0) is 42.0 Å². The zero-order valence-corrected chi connectivity index (χ0v) is 20.5. The van der Waals surface area contributed by atoms with Crippen molar-refractivity contribution in [2.45, 2.75) is 6.61 Å². The number of fused-ring (bicyclic) bond motifs is 2. The fourth-order valence-corrected chi connectivity index (χ4v) is 4.50. The average molecular weight is 514 g/mol. The number of nitrogens with one attached hydrogen (secondary N) is 2. The molecule has 0 aliphatic rings. The zero-order valence-electron chi connectivity index (χ0n) is 20.5. The third-order valence-electron chi connectivity index (χ3n) is 6.39. The third-order valence-corrected chi connectivity index (χ3v) is 6.39. The van der Waals surface area contributed by atoms with Gasteiger partial charge in [0.2, 0.25) is 0 Å². The molecular weight excluding hydrogens is 493 g/mol. The van der Waals surface area contributed by atoms with Gasteiger partial charge in [-0.25, -0.2) is 14.4 Å². The van der Waals surface area contributed by atoms with Gasteiger partial charge in [0.15, 0.2) is 11.5 Å². The summed E-state index contributed by atoms with van der Waals surface area (Å²) in [5.41, 5.74) is 7.22. The van der Waals surface area contributed by atoms with E-state index in [4.69, 9.17) is 14.7 Å². The molecule has 5 heterocycles. The van der Waals surface area contributed by atoms with Crippen LogP contribution in [0.3, 0.4) is 0 Å². The summed E-state index contributed by atoms with van der Waals surface area (Å²) in [7, 11) is 0. The number of aromatic nitrogens is 7. The maximum absolute atomic E-state index is 13.9. The van der Waals surface area contributed by atoms with E-state index in [0.717, 1.165) is 27.9 Å². The molecule has 0 amide bonds. The molecule has 0 saturated heterocycles. The van der Waals surface area contributed by atoms with Crippen molar-refractivity contribution in [3.05, 3.63) is 109 Å². The highest BCUT2D eigenvalue weighted by Gasteiger charge is 2.18. The van der Waals surface area contributed by atoms with Crippen molar-refractivity contribution in [1.29, 1.82) is 0 Å².